The second kappa shape index (κ2) is 8.20. The highest BCUT2D eigenvalue weighted by molar-refractivity contribution is 4.96. The summed E-state index contributed by atoms with van der Waals surface area (Å²) < 4.78 is 0. The van der Waals surface area contributed by atoms with E-state index in [2.05, 4.69) is 62.3 Å². The molecule has 0 bridgehead atoms. The number of hydrogen-bond acceptors (Lipinski definition) is 0. The van der Waals surface area contributed by atoms with E-state index in [9.17, 15) is 0 Å². The van der Waals surface area contributed by atoms with E-state index in [0.29, 0.717) is 5.41 Å². The van der Waals surface area contributed by atoms with E-state index >= 15 is 0 Å². The molecular weight excluding hydrogens is 264 g/mol. The van der Waals surface area contributed by atoms with Crippen molar-refractivity contribution in [1.29, 1.82) is 0 Å². The van der Waals surface area contributed by atoms with Crippen LogP contribution in [-0.2, 0) is 0 Å². The Hall–Kier alpha value is 0. The molecule has 0 aromatic heterocycles. The minimum Gasteiger partial charge on any atom is -0.0625 e. The van der Waals surface area contributed by atoms with E-state index in [1.165, 1.54) is 32.1 Å². The van der Waals surface area contributed by atoms with Crippen LogP contribution >= 0.6 is 0 Å². The first-order valence-electron chi connectivity index (χ1n) is 10.1. The van der Waals surface area contributed by atoms with Crippen molar-refractivity contribution in [3.63, 3.8) is 0 Å². The van der Waals surface area contributed by atoms with Gasteiger partial charge < -0.3 is 0 Å². The Labute approximate surface area is 141 Å². The molecule has 6 atom stereocenters. The van der Waals surface area contributed by atoms with Crippen molar-refractivity contribution in [2.75, 3.05) is 0 Å². The lowest BCUT2D eigenvalue weighted by Crippen LogP contribution is -2.46. The summed E-state index contributed by atoms with van der Waals surface area (Å²) in [5.74, 6) is 6.07. The lowest BCUT2D eigenvalue weighted by molar-refractivity contribution is -0.0478. The summed E-state index contributed by atoms with van der Waals surface area (Å²) in [5.41, 5.74) is 0.576. The van der Waals surface area contributed by atoms with E-state index < -0.39 is 0 Å². The number of rotatable bonds is 7. The third kappa shape index (κ3) is 4.30. The Morgan fingerprint density at radius 2 is 1.50 bits per heavy atom. The summed E-state index contributed by atoms with van der Waals surface area (Å²) in [6.07, 6.45) is 7.17. The van der Waals surface area contributed by atoms with Crippen LogP contribution in [-0.4, -0.2) is 0 Å². The Kier molecular flexibility index (Phi) is 7.47. The minimum absolute atomic E-state index is 0.576. The molecule has 0 amide bonds. The third-order valence-corrected chi connectivity index (χ3v) is 7.73. The van der Waals surface area contributed by atoms with E-state index in [1.54, 1.807) is 0 Å². The Bertz CT molecular complexity index is 316. The molecule has 1 fully saturated rings. The van der Waals surface area contributed by atoms with E-state index in [1.807, 2.05) is 0 Å². The van der Waals surface area contributed by atoms with Crippen LogP contribution in [0.4, 0.5) is 0 Å². The molecule has 1 rings (SSSR count). The summed E-state index contributed by atoms with van der Waals surface area (Å²) in [4.78, 5) is 0. The molecular formula is C22H44. The van der Waals surface area contributed by atoms with Crippen molar-refractivity contribution in [2.45, 2.75) is 94.4 Å². The Morgan fingerprint density at radius 1 is 0.909 bits per heavy atom. The van der Waals surface area contributed by atoms with Gasteiger partial charge in [0.15, 0.2) is 0 Å². The molecule has 0 N–H and O–H groups in total. The molecule has 0 heteroatoms. The van der Waals surface area contributed by atoms with Crippen molar-refractivity contribution in [2.24, 2.45) is 46.8 Å². The summed E-state index contributed by atoms with van der Waals surface area (Å²) >= 11 is 0. The highest BCUT2D eigenvalue weighted by Crippen LogP contribution is 2.55. The van der Waals surface area contributed by atoms with E-state index in [0.717, 1.165) is 41.4 Å². The van der Waals surface area contributed by atoms with Gasteiger partial charge in [-0.3, -0.25) is 0 Å². The SMILES string of the molecule is CC(CCC1(C(C)C)C(C)CCC(C)C1C)CC(C)C(C)C. The van der Waals surface area contributed by atoms with Gasteiger partial charge in [0.25, 0.3) is 0 Å². The maximum atomic E-state index is 2.56. The third-order valence-electron chi connectivity index (χ3n) is 7.73. The highest BCUT2D eigenvalue weighted by atomic mass is 14.5. The highest BCUT2D eigenvalue weighted by Gasteiger charge is 2.47. The Morgan fingerprint density at radius 3 is 2.00 bits per heavy atom. The average molecular weight is 309 g/mol. The first-order valence-corrected chi connectivity index (χ1v) is 10.1. The average Bonchev–Trinajstić information content (AvgIpc) is 2.43. The van der Waals surface area contributed by atoms with Gasteiger partial charge in [-0.05, 0) is 66.1 Å². The maximum absolute atomic E-state index is 2.56. The molecule has 132 valence electrons. The Balaban J connectivity index is 2.75. The van der Waals surface area contributed by atoms with Gasteiger partial charge in [0.2, 0.25) is 0 Å². The fraction of sp³-hybridized carbons (Fsp3) is 1.00. The summed E-state index contributed by atoms with van der Waals surface area (Å²) in [6.45, 7) is 22.3. The van der Waals surface area contributed by atoms with Gasteiger partial charge in [0, 0.05) is 0 Å². The van der Waals surface area contributed by atoms with Crippen molar-refractivity contribution in [3.05, 3.63) is 0 Å². The van der Waals surface area contributed by atoms with Crippen molar-refractivity contribution in [1.82, 2.24) is 0 Å². The molecule has 6 unspecified atom stereocenters. The zero-order chi connectivity index (χ0) is 17.1. The van der Waals surface area contributed by atoms with Crippen LogP contribution in [0.2, 0.25) is 0 Å². The van der Waals surface area contributed by atoms with Gasteiger partial charge in [0.05, 0.1) is 0 Å². The lowest BCUT2D eigenvalue weighted by atomic mass is 9.51. The largest absolute Gasteiger partial charge is 0.0625 e. The fourth-order valence-electron chi connectivity index (χ4n) is 5.39. The lowest BCUT2D eigenvalue weighted by Gasteiger charge is -2.54. The predicted octanol–water partition coefficient (Wildman–Crippen LogP) is 7.43. The second-order valence-corrected chi connectivity index (χ2v) is 9.61. The van der Waals surface area contributed by atoms with Crippen molar-refractivity contribution >= 4 is 0 Å². The van der Waals surface area contributed by atoms with Gasteiger partial charge in [-0.2, -0.15) is 0 Å². The molecule has 1 aliphatic carbocycles. The van der Waals surface area contributed by atoms with Gasteiger partial charge in [-0.15, -0.1) is 0 Å². The van der Waals surface area contributed by atoms with Crippen molar-refractivity contribution < 1.29 is 0 Å². The predicted molar refractivity (Wildman–Crippen MR) is 101 cm³/mol. The zero-order valence-corrected chi connectivity index (χ0v) is 17.1. The molecule has 0 nitrogen and oxygen atoms in total. The smallest absolute Gasteiger partial charge is 0.0220 e. The molecule has 0 aromatic carbocycles. The van der Waals surface area contributed by atoms with Crippen LogP contribution < -0.4 is 0 Å². The molecule has 1 saturated carbocycles. The normalized spacial score (nSPS) is 35.9. The van der Waals surface area contributed by atoms with Gasteiger partial charge in [-0.1, -0.05) is 75.2 Å². The van der Waals surface area contributed by atoms with Gasteiger partial charge >= 0.3 is 0 Å². The van der Waals surface area contributed by atoms with Gasteiger partial charge in [-0.25, -0.2) is 0 Å². The van der Waals surface area contributed by atoms with Crippen LogP contribution in [0.5, 0.6) is 0 Å². The van der Waals surface area contributed by atoms with Crippen LogP contribution in [0.25, 0.3) is 0 Å². The summed E-state index contributed by atoms with van der Waals surface area (Å²) in [5, 5.41) is 0. The number of hydrogen-bond donors (Lipinski definition) is 0. The molecule has 0 radical (unpaired) electrons. The summed E-state index contributed by atoms with van der Waals surface area (Å²) in [7, 11) is 0. The first kappa shape index (κ1) is 20.0. The molecule has 0 aliphatic heterocycles. The molecule has 0 saturated heterocycles. The second-order valence-electron chi connectivity index (χ2n) is 9.61. The molecule has 22 heavy (non-hydrogen) atoms. The van der Waals surface area contributed by atoms with E-state index in [4.69, 9.17) is 0 Å². The fourth-order valence-corrected chi connectivity index (χ4v) is 5.39. The summed E-state index contributed by atoms with van der Waals surface area (Å²) in [6, 6.07) is 0. The van der Waals surface area contributed by atoms with Crippen LogP contribution in [0.3, 0.4) is 0 Å². The van der Waals surface area contributed by atoms with Crippen LogP contribution in [0.1, 0.15) is 94.4 Å². The first-order chi connectivity index (χ1) is 10.1. The zero-order valence-electron chi connectivity index (χ0n) is 17.1. The van der Waals surface area contributed by atoms with Crippen molar-refractivity contribution in [3.8, 4) is 0 Å². The van der Waals surface area contributed by atoms with Gasteiger partial charge in [0.1, 0.15) is 0 Å². The van der Waals surface area contributed by atoms with Crippen LogP contribution in [0, 0.1) is 46.8 Å². The maximum Gasteiger partial charge on any atom is -0.0220 e. The standard InChI is InChI=1S/C22H44/c1-15(2)19(7)14-17(5)12-13-22(16(3)4)20(8)11-10-18(6)21(22)9/h15-21H,10-14H2,1-9H3. The molecule has 0 spiro atoms. The molecule has 0 aromatic rings. The minimum atomic E-state index is 0.576. The quantitative estimate of drug-likeness (QED) is 0.458. The molecule has 0 heterocycles. The van der Waals surface area contributed by atoms with Crippen LogP contribution in [0.15, 0.2) is 0 Å². The molecule has 1 aliphatic rings. The topological polar surface area (TPSA) is 0 Å². The monoisotopic (exact) mass is 308 g/mol. The van der Waals surface area contributed by atoms with E-state index in [-0.39, 0.29) is 0 Å².